The van der Waals surface area contributed by atoms with E-state index < -0.39 is 0 Å². The minimum atomic E-state index is 0.953. The minimum absolute atomic E-state index is 0.953. The number of allylic oxidation sites excluding steroid dienone is 1. The molecular formula is C22H20O. The van der Waals surface area contributed by atoms with E-state index in [1.807, 2.05) is 0 Å². The Balaban J connectivity index is 2.09. The summed E-state index contributed by atoms with van der Waals surface area (Å²) in [6.45, 7) is 2.26. The van der Waals surface area contributed by atoms with Crippen LogP contribution in [-0.2, 0) is 6.42 Å². The van der Waals surface area contributed by atoms with Crippen LogP contribution in [0.5, 0.6) is 5.75 Å². The second-order valence-corrected chi connectivity index (χ2v) is 6.18. The fourth-order valence-corrected chi connectivity index (χ4v) is 3.69. The van der Waals surface area contributed by atoms with Crippen molar-refractivity contribution < 1.29 is 4.74 Å². The molecule has 0 radical (unpaired) electrons. The van der Waals surface area contributed by atoms with E-state index in [1.165, 1.54) is 38.6 Å². The molecular weight excluding hydrogens is 280 g/mol. The van der Waals surface area contributed by atoms with Crippen LogP contribution in [0.1, 0.15) is 30.0 Å². The van der Waals surface area contributed by atoms with E-state index in [9.17, 15) is 0 Å². The number of hydrogen-bond donors (Lipinski definition) is 0. The zero-order chi connectivity index (χ0) is 15.8. The topological polar surface area (TPSA) is 9.23 Å². The Morgan fingerprint density at radius 2 is 1.61 bits per heavy atom. The average molecular weight is 300 g/mol. The van der Waals surface area contributed by atoms with Crippen molar-refractivity contribution in [2.24, 2.45) is 0 Å². The van der Waals surface area contributed by atoms with Gasteiger partial charge in [0.25, 0.3) is 0 Å². The zero-order valence-electron chi connectivity index (χ0n) is 13.6. The number of ether oxygens (including phenoxy) is 1. The summed E-state index contributed by atoms with van der Waals surface area (Å²) in [5.74, 6) is 0.953. The van der Waals surface area contributed by atoms with Crippen molar-refractivity contribution in [2.75, 3.05) is 7.11 Å². The van der Waals surface area contributed by atoms with Crippen LogP contribution in [0.2, 0.25) is 0 Å². The van der Waals surface area contributed by atoms with Gasteiger partial charge in [0.05, 0.1) is 7.11 Å². The van der Waals surface area contributed by atoms with Crippen LogP contribution in [0.4, 0.5) is 0 Å². The first kappa shape index (κ1) is 14.1. The van der Waals surface area contributed by atoms with Gasteiger partial charge in [-0.15, -0.1) is 0 Å². The Labute approximate surface area is 137 Å². The number of hydrogen-bond acceptors (Lipinski definition) is 1. The molecule has 0 spiro atoms. The van der Waals surface area contributed by atoms with Gasteiger partial charge >= 0.3 is 0 Å². The smallest absolute Gasteiger partial charge is 0.127 e. The van der Waals surface area contributed by atoms with Gasteiger partial charge in [0.2, 0.25) is 0 Å². The summed E-state index contributed by atoms with van der Waals surface area (Å²) in [6, 6.07) is 21.6. The van der Waals surface area contributed by atoms with Crippen LogP contribution in [0.15, 0.2) is 66.2 Å². The second-order valence-electron chi connectivity index (χ2n) is 6.18. The number of fused-ring (bicyclic) bond motifs is 2. The van der Waals surface area contributed by atoms with Gasteiger partial charge in [0.1, 0.15) is 5.75 Å². The average Bonchev–Trinajstić information content (AvgIpc) is 2.61. The molecule has 0 amide bonds. The van der Waals surface area contributed by atoms with Crippen molar-refractivity contribution >= 4 is 16.3 Å². The maximum absolute atomic E-state index is 5.74. The van der Waals surface area contributed by atoms with Crippen LogP contribution in [-0.4, -0.2) is 7.11 Å². The van der Waals surface area contributed by atoms with Crippen molar-refractivity contribution in [1.82, 2.24) is 0 Å². The number of methoxy groups -OCH3 is 1. The highest BCUT2D eigenvalue weighted by Gasteiger charge is 2.22. The van der Waals surface area contributed by atoms with Gasteiger partial charge in [-0.2, -0.15) is 0 Å². The Hall–Kier alpha value is -2.54. The summed E-state index contributed by atoms with van der Waals surface area (Å²) in [7, 11) is 1.76. The molecule has 0 N–H and O–H groups in total. The van der Waals surface area contributed by atoms with E-state index in [-0.39, 0.29) is 0 Å². The molecule has 0 saturated heterocycles. The van der Waals surface area contributed by atoms with E-state index in [0.717, 1.165) is 18.6 Å². The van der Waals surface area contributed by atoms with Crippen molar-refractivity contribution in [1.29, 1.82) is 0 Å². The van der Waals surface area contributed by atoms with Crippen LogP contribution >= 0.6 is 0 Å². The molecule has 0 bridgehead atoms. The standard InChI is InChI=1S/C22H20O/c1-15-11-12-16-7-3-5-9-18(16)21(15)22-19-10-6-4-8-17(19)13-14-20(22)23-2/h3-10,13-14H,11-12H2,1-2H3. The van der Waals surface area contributed by atoms with Crippen LogP contribution in [0.3, 0.4) is 0 Å². The summed E-state index contributed by atoms with van der Waals surface area (Å²) >= 11 is 0. The largest absolute Gasteiger partial charge is 0.496 e. The van der Waals surface area contributed by atoms with E-state index in [1.54, 1.807) is 7.11 Å². The highest BCUT2D eigenvalue weighted by atomic mass is 16.5. The van der Waals surface area contributed by atoms with E-state index in [2.05, 4.69) is 67.6 Å². The molecule has 1 aliphatic carbocycles. The van der Waals surface area contributed by atoms with Gasteiger partial charge in [-0.05, 0) is 53.3 Å². The Kier molecular flexibility index (Phi) is 3.42. The van der Waals surface area contributed by atoms with E-state index >= 15 is 0 Å². The monoisotopic (exact) mass is 300 g/mol. The maximum Gasteiger partial charge on any atom is 0.127 e. The number of aryl methyl sites for hydroxylation is 1. The molecule has 0 atom stereocenters. The Morgan fingerprint density at radius 3 is 2.48 bits per heavy atom. The lowest BCUT2D eigenvalue weighted by molar-refractivity contribution is 0.414. The van der Waals surface area contributed by atoms with Crippen LogP contribution in [0.25, 0.3) is 16.3 Å². The van der Waals surface area contributed by atoms with Gasteiger partial charge in [0, 0.05) is 5.56 Å². The quantitative estimate of drug-likeness (QED) is 0.597. The molecule has 0 heterocycles. The lowest BCUT2D eigenvalue weighted by atomic mass is 9.81. The lowest BCUT2D eigenvalue weighted by Gasteiger charge is -2.24. The molecule has 1 nitrogen and oxygen atoms in total. The first-order valence-electron chi connectivity index (χ1n) is 8.13. The van der Waals surface area contributed by atoms with E-state index in [0.29, 0.717) is 0 Å². The van der Waals surface area contributed by atoms with Crippen molar-refractivity contribution in [3.8, 4) is 5.75 Å². The third kappa shape index (κ3) is 2.24. The zero-order valence-corrected chi connectivity index (χ0v) is 13.6. The van der Waals surface area contributed by atoms with Crippen LogP contribution in [0, 0.1) is 0 Å². The Bertz CT molecular complexity index is 918. The normalized spacial score (nSPS) is 14.0. The van der Waals surface area contributed by atoms with Gasteiger partial charge in [0.15, 0.2) is 0 Å². The maximum atomic E-state index is 5.74. The summed E-state index contributed by atoms with van der Waals surface area (Å²) in [6.07, 6.45) is 2.23. The molecule has 3 aromatic rings. The first-order chi connectivity index (χ1) is 11.3. The van der Waals surface area contributed by atoms with Crippen molar-refractivity contribution in [3.05, 3.63) is 82.9 Å². The van der Waals surface area contributed by atoms with E-state index in [4.69, 9.17) is 4.74 Å². The Morgan fingerprint density at radius 1 is 0.826 bits per heavy atom. The fraction of sp³-hybridized carbons (Fsp3) is 0.182. The van der Waals surface area contributed by atoms with Crippen molar-refractivity contribution in [2.45, 2.75) is 19.8 Å². The summed E-state index contributed by atoms with van der Waals surface area (Å²) < 4.78 is 5.74. The molecule has 23 heavy (non-hydrogen) atoms. The van der Waals surface area contributed by atoms with Gasteiger partial charge in [-0.3, -0.25) is 0 Å². The van der Waals surface area contributed by atoms with Crippen molar-refractivity contribution in [3.63, 3.8) is 0 Å². The summed E-state index contributed by atoms with van der Waals surface area (Å²) in [5, 5.41) is 2.52. The number of benzene rings is 3. The molecule has 0 saturated carbocycles. The van der Waals surface area contributed by atoms with Gasteiger partial charge in [-0.1, -0.05) is 60.2 Å². The van der Waals surface area contributed by atoms with Gasteiger partial charge in [-0.25, -0.2) is 0 Å². The predicted octanol–water partition coefficient (Wildman–Crippen LogP) is 5.62. The van der Waals surface area contributed by atoms with Crippen LogP contribution < -0.4 is 4.74 Å². The third-order valence-corrected chi connectivity index (χ3v) is 4.84. The molecule has 0 aromatic heterocycles. The SMILES string of the molecule is COc1ccc2ccccc2c1C1=C(C)CCc2ccccc21. The summed E-state index contributed by atoms with van der Waals surface area (Å²) in [4.78, 5) is 0. The molecule has 1 aliphatic rings. The summed E-state index contributed by atoms with van der Waals surface area (Å²) in [5.41, 5.74) is 6.81. The first-order valence-corrected chi connectivity index (χ1v) is 8.13. The molecule has 1 heteroatoms. The second kappa shape index (κ2) is 5.58. The highest BCUT2D eigenvalue weighted by Crippen LogP contribution is 2.42. The lowest BCUT2D eigenvalue weighted by Crippen LogP contribution is -2.06. The minimum Gasteiger partial charge on any atom is -0.496 e. The molecule has 0 fully saturated rings. The molecule has 4 rings (SSSR count). The molecule has 0 aliphatic heterocycles. The molecule has 114 valence electrons. The molecule has 0 unspecified atom stereocenters. The number of rotatable bonds is 2. The van der Waals surface area contributed by atoms with Gasteiger partial charge < -0.3 is 4.74 Å². The molecule has 3 aromatic carbocycles. The fourth-order valence-electron chi connectivity index (χ4n) is 3.69. The predicted molar refractivity (Wildman–Crippen MR) is 97.0 cm³/mol. The third-order valence-electron chi connectivity index (χ3n) is 4.84. The highest BCUT2D eigenvalue weighted by molar-refractivity contribution is 6.01.